The molecule has 0 unspecified atom stereocenters. The Kier molecular flexibility index (Phi) is 2.56. The van der Waals surface area contributed by atoms with Gasteiger partial charge in [-0.3, -0.25) is 4.68 Å². The van der Waals surface area contributed by atoms with E-state index >= 15 is 0 Å². The number of hydrogen-bond acceptors (Lipinski definition) is 3. The molecule has 0 bridgehead atoms. The first-order chi connectivity index (χ1) is 7.69. The van der Waals surface area contributed by atoms with E-state index in [1.807, 2.05) is 6.07 Å². The van der Waals surface area contributed by atoms with Crippen molar-refractivity contribution in [3.05, 3.63) is 41.8 Å². The van der Waals surface area contributed by atoms with Gasteiger partial charge in [0.2, 0.25) is 0 Å². The Bertz CT molecular complexity index is 553. The van der Waals surface area contributed by atoms with Crippen molar-refractivity contribution >= 4 is 11.5 Å². The van der Waals surface area contributed by atoms with Crippen LogP contribution in [0.5, 0.6) is 0 Å². The Morgan fingerprint density at radius 3 is 2.81 bits per heavy atom. The standard InChI is InChI=1S/C11H9FN4/c1-16-5-4-11(15-16)14-10-3-2-8(7-13)6-9(10)12/h2-6H,1H3,(H,14,15). The minimum Gasteiger partial charge on any atom is -0.336 e. The van der Waals surface area contributed by atoms with Gasteiger partial charge >= 0.3 is 0 Å². The zero-order chi connectivity index (χ0) is 11.5. The molecule has 0 saturated carbocycles. The van der Waals surface area contributed by atoms with Gasteiger partial charge in [-0.2, -0.15) is 10.4 Å². The number of rotatable bonds is 2. The van der Waals surface area contributed by atoms with Crippen molar-refractivity contribution in [2.75, 3.05) is 5.32 Å². The van der Waals surface area contributed by atoms with E-state index in [2.05, 4.69) is 10.4 Å². The van der Waals surface area contributed by atoms with Crippen LogP contribution in [0.3, 0.4) is 0 Å². The number of nitrogens with zero attached hydrogens (tertiary/aromatic N) is 3. The van der Waals surface area contributed by atoms with Crippen LogP contribution in [-0.4, -0.2) is 9.78 Å². The highest BCUT2D eigenvalue weighted by molar-refractivity contribution is 5.57. The predicted molar refractivity (Wildman–Crippen MR) is 57.6 cm³/mol. The average Bonchev–Trinajstić information content (AvgIpc) is 2.67. The third-order valence-electron chi connectivity index (χ3n) is 2.07. The molecule has 0 amide bonds. The third-order valence-corrected chi connectivity index (χ3v) is 2.07. The molecule has 1 aromatic carbocycles. The normalized spacial score (nSPS) is 9.81. The molecule has 2 aromatic rings. The Morgan fingerprint density at radius 2 is 2.25 bits per heavy atom. The fourth-order valence-electron chi connectivity index (χ4n) is 1.31. The van der Waals surface area contributed by atoms with E-state index < -0.39 is 5.82 Å². The largest absolute Gasteiger partial charge is 0.336 e. The first kappa shape index (κ1) is 10.2. The number of aromatic nitrogens is 2. The highest BCUT2D eigenvalue weighted by Gasteiger charge is 2.04. The van der Waals surface area contributed by atoms with Gasteiger partial charge in [0, 0.05) is 19.3 Å². The van der Waals surface area contributed by atoms with E-state index in [0.29, 0.717) is 17.1 Å². The first-order valence-corrected chi connectivity index (χ1v) is 4.65. The van der Waals surface area contributed by atoms with Crippen LogP contribution in [0, 0.1) is 17.1 Å². The number of nitrogens with one attached hydrogen (secondary N) is 1. The lowest BCUT2D eigenvalue weighted by molar-refractivity contribution is 0.631. The third kappa shape index (κ3) is 2.01. The minimum absolute atomic E-state index is 0.295. The van der Waals surface area contributed by atoms with Gasteiger partial charge in [-0.05, 0) is 18.2 Å². The summed E-state index contributed by atoms with van der Waals surface area (Å²) in [6, 6.07) is 7.86. The van der Waals surface area contributed by atoms with E-state index in [4.69, 9.17) is 5.26 Å². The lowest BCUT2D eigenvalue weighted by Crippen LogP contribution is -1.96. The first-order valence-electron chi connectivity index (χ1n) is 4.65. The zero-order valence-corrected chi connectivity index (χ0v) is 8.61. The zero-order valence-electron chi connectivity index (χ0n) is 8.61. The molecule has 0 aliphatic carbocycles. The van der Waals surface area contributed by atoms with E-state index in [-0.39, 0.29) is 0 Å². The molecular formula is C11H9FN4. The van der Waals surface area contributed by atoms with E-state index in [0.717, 1.165) is 0 Å². The number of benzene rings is 1. The molecule has 80 valence electrons. The highest BCUT2D eigenvalue weighted by Crippen LogP contribution is 2.19. The number of aryl methyl sites for hydroxylation is 1. The van der Waals surface area contributed by atoms with Crippen LogP contribution >= 0.6 is 0 Å². The molecule has 4 nitrogen and oxygen atoms in total. The summed E-state index contributed by atoms with van der Waals surface area (Å²) in [6.45, 7) is 0. The Morgan fingerprint density at radius 1 is 1.44 bits per heavy atom. The second-order valence-electron chi connectivity index (χ2n) is 3.31. The summed E-state index contributed by atoms with van der Waals surface area (Å²) in [7, 11) is 1.78. The van der Waals surface area contributed by atoms with Crippen molar-refractivity contribution in [3.8, 4) is 6.07 Å². The summed E-state index contributed by atoms with van der Waals surface area (Å²) >= 11 is 0. The molecule has 16 heavy (non-hydrogen) atoms. The van der Waals surface area contributed by atoms with Gasteiger partial charge in [0.05, 0.1) is 17.3 Å². The van der Waals surface area contributed by atoms with Crippen LogP contribution in [0.25, 0.3) is 0 Å². The monoisotopic (exact) mass is 216 g/mol. The molecule has 0 fully saturated rings. The van der Waals surface area contributed by atoms with Crippen LogP contribution in [0.4, 0.5) is 15.9 Å². The van der Waals surface area contributed by atoms with Gasteiger partial charge < -0.3 is 5.32 Å². The minimum atomic E-state index is -0.468. The Balaban J connectivity index is 2.26. The lowest BCUT2D eigenvalue weighted by atomic mass is 10.2. The van der Waals surface area contributed by atoms with E-state index in [9.17, 15) is 4.39 Å². The number of anilines is 2. The summed E-state index contributed by atoms with van der Waals surface area (Å²) in [4.78, 5) is 0. The fourth-order valence-corrected chi connectivity index (χ4v) is 1.31. The molecule has 5 heteroatoms. The van der Waals surface area contributed by atoms with Crippen molar-refractivity contribution in [1.82, 2.24) is 9.78 Å². The molecule has 0 aliphatic heterocycles. The molecule has 1 aromatic heterocycles. The summed E-state index contributed by atoms with van der Waals surface area (Å²) in [6.07, 6.45) is 1.75. The molecule has 0 radical (unpaired) electrons. The molecule has 1 heterocycles. The van der Waals surface area contributed by atoms with Crippen LogP contribution in [0.1, 0.15) is 5.56 Å². The summed E-state index contributed by atoms with van der Waals surface area (Å²) in [5.41, 5.74) is 0.599. The van der Waals surface area contributed by atoms with Crippen molar-refractivity contribution < 1.29 is 4.39 Å². The van der Waals surface area contributed by atoms with Gasteiger partial charge in [0.1, 0.15) is 5.82 Å². The van der Waals surface area contributed by atoms with Crippen LogP contribution in [0.15, 0.2) is 30.5 Å². The van der Waals surface area contributed by atoms with Crippen molar-refractivity contribution in [2.45, 2.75) is 0 Å². The van der Waals surface area contributed by atoms with E-state index in [1.165, 1.54) is 12.1 Å². The molecule has 1 N–H and O–H groups in total. The summed E-state index contributed by atoms with van der Waals surface area (Å²) < 4.78 is 15.1. The molecule has 0 spiro atoms. The fraction of sp³-hybridized carbons (Fsp3) is 0.0909. The molecule has 2 rings (SSSR count). The van der Waals surface area contributed by atoms with Crippen molar-refractivity contribution in [2.24, 2.45) is 7.05 Å². The van der Waals surface area contributed by atoms with Crippen molar-refractivity contribution in [3.63, 3.8) is 0 Å². The maximum Gasteiger partial charge on any atom is 0.152 e. The van der Waals surface area contributed by atoms with Crippen molar-refractivity contribution in [1.29, 1.82) is 5.26 Å². The smallest absolute Gasteiger partial charge is 0.152 e. The van der Waals surface area contributed by atoms with Gasteiger partial charge in [-0.15, -0.1) is 0 Å². The highest BCUT2D eigenvalue weighted by atomic mass is 19.1. The number of nitriles is 1. The van der Waals surface area contributed by atoms with Gasteiger partial charge in [0.15, 0.2) is 5.82 Å². The second-order valence-corrected chi connectivity index (χ2v) is 3.31. The van der Waals surface area contributed by atoms with Crippen LogP contribution in [0.2, 0.25) is 0 Å². The Hall–Kier alpha value is -2.35. The lowest BCUT2D eigenvalue weighted by Gasteiger charge is -2.04. The maximum atomic E-state index is 13.5. The van der Waals surface area contributed by atoms with Crippen LogP contribution in [-0.2, 0) is 7.05 Å². The average molecular weight is 216 g/mol. The topological polar surface area (TPSA) is 53.6 Å². The maximum absolute atomic E-state index is 13.5. The predicted octanol–water partition coefficient (Wildman–Crippen LogP) is 2.17. The SMILES string of the molecule is Cn1ccc(Nc2ccc(C#N)cc2F)n1. The molecular weight excluding hydrogens is 207 g/mol. The number of halogens is 1. The van der Waals surface area contributed by atoms with E-state index in [1.54, 1.807) is 30.1 Å². The molecule has 0 aliphatic rings. The Labute approximate surface area is 91.9 Å². The molecule has 0 saturated heterocycles. The summed E-state index contributed by atoms with van der Waals surface area (Å²) in [5.74, 6) is 0.0933. The second kappa shape index (κ2) is 4.03. The quantitative estimate of drug-likeness (QED) is 0.837. The van der Waals surface area contributed by atoms with Crippen LogP contribution < -0.4 is 5.32 Å². The molecule has 0 atom stereocenters. The summed E-state index contributed by atoms with van der Waals surface area (Å²) in [5, 5.41) is 15.5. The van der Waals surface area contributed by atoms with Gasteiger partial charge in [-0.1, -0.05) is 0 Å². The van der Waals surface area contributed by atoms with Gasteiger partial charge in [-0.25, -0.2) is 4.39 Å². The number of hydrogen-bond donors (Lipinski definition) is 1. The van der Waals surface area contributed by atoms with Gasteiger partial charge in [0.25, 0.3) is 0 Å².